The lowest BCUT2D eigenvalue weighted by Crippen LogP contribution is -2.50. The molecule has 20 heavy (non-hydrogen) atoms. The Morgan fingerprint density at radius 1 is 1.35 bits per heavy atom. The van der Waals surface area contributed by atoms with Gasteiger partial charge in [-0.25, -0.2) is 0 Å². The third kappa shape index (κ3) is 3.30. The molecule has 3 nitrogen and oxygen atoms in total. The highest BCUT2D eigenvalue weighted by atomic mass is 19.4. The molecular formula is C14H17F3N2O. The van der Waals surface area contributed by atoms with E-state index in [1.165, 1.54) is 12.1 Å². The Labute approximate surface area is 115 Å². The van der Waals surface area contributed by atoms with E-state index in [1.807, 2.05) is 6.92 Å². The van der Waals surface area contributed by atoms with Gasteiger partial charge >= 0.3 is 6.18 Å². The number of hydrogen-bond donors (Lipinski definition) is 2. The molecule has 0 spiro atoms. The van der Waals surface area contributed by atoms with E-state index in [2.05, 4.69) is 10.6 Å². The highest BCUT2D eigenvalue weighted by Gasteiger charge is 2.35. The van der Waals surface area contributed by atoms with Crippen molar-refractivity contribution in [3.63, 3.8) is 0 Å². The molecule has 0 bridgehead atoms. The highest BCUT2D eigenvalue weighted by Crippen LogP contribution is 2.29. The molecule has 1 aliphatic heterocycles. The minimum Gasteiger partial charge on any atom is -0.350 e. The second-order valence-corrected chi connectivity index (χ2v) is 5.24. The van der Waals surface area contributed by atoms with Crippen LogP contribution < -0.4 is 10.6 Å². The molecule has 1 aromatic rings. The maximum absolute atomic E-state index is 12.4. The number of alkyl halides is 3. The van der Waals surface area contributed by atoms with E-state index < -0.39 is 17.3 Å². The molecule has 0 saturated carbocycles. The smallest absolute Gasteiger partial charge is 0.350 e. The van der Waals surface area contributed by atoms with Crippen LogP contribution in [0, 0.1) is 0 Å². The van der Waals surface area contributed by atoms with Crippen molar-refractivity contribution >= 4 is 5.91 Å². The van der Waals surface area contributed by atoms with E-state index >= 15 is 0 Å². The molecule has 2 N–H and O–H groups in total. The maximum atomic E-state index is 12.4. The zero-order valence-electron chi connectivity index (χ0n) is 11.2. The zero-order valence-corrected chi connectivity index (χ0v) is 11.2. The minimum absolute atomic E-state index is 0.116. The van der Waals surface area contributed by atoms with Gasteiger partial charge in [-0.15, -0.1) is 0 Å². The van der Waals surface area contributed by atoms with E-state index in [4.69, 9.17) is 0 Å². The van der Waals surface area contributed by atoms with Crippen molar-refractivity contribution in [1.29, 1.82) is 0 Å². The van der Waals surface area contributed by atoms with Gasteiger partial charge in [0.25, 0.3) is 0 Å². The Kier molecular flexibility index (Phi) is 4.04. The van der Waals surface area contributed by atoms with Crippen LogP contribution in [-0.4, -0.2) is 18.0 Å². The molecule has 1 fully saturated rings. The monoisotopic (exact) mass is 286 g/mol. The van der Waals surface area contributed by atoms with E-state index in [0.717, 1.165) is 31.5 Å². The second kappa shape index (κ2) is 5.44. The lowest BCUT2D eigenvalue weighted by Gasteiger charge is -2.23. The summed E-state index contributed by atoms with van der Waals surface area (Å²) in [5.74, 6) is -0.116. The number of hydrogen-bond acceptors (Lipinski definition) is 2. The lowest BCUT2D eigenvalue weighted by atomic mass is 9.99. The molecule has 1 heterocycles. The fraction of sp³-hybridized carbons (Fsp3) is 0.500. The van der Waals surface area contributed by atoms with Crippen LogP contribution in [0.2, 0.25) is 0 Å². The van der Waals surface area contributed by atoms with Gasteiger partial charge in [0.15, 0.2) is 0 Å². The van der Waals surface area contributed by atoms with Crippen LogP contribution in [0.4, 0.5) is 13.2 Å². The minimum atomic E-state index is -4.33. The first-order valence-electron chi connectivity index (χ1n) is 6.51. The summed E-state index contributed by atoms with van der Waals surface area (Å²) >= 11 is 0. The summed E-state index contributed by atoms with van der Waals surface area (Å²) < 4.78 is 37.2. The largest absolute Gasteiger partial charge is 0.416 e. The molecule has 1 amide bonds. The van der Waals surface area contributed by atoms with Gasteiger partial charge in [0.1, 0.15) is 0 Å². The van der Waals surface area contributed by atoms with Crippen molar-refractivity contribution in [1.82, 2.24) is 10.6 Å². The first-order valence-corrected chi connectivity index (χ1v) is 6.51. The lowest BCUT2D eigenvalue weighted by molar-refractivity contribution is -0.137. The summed E-state index contributed by atoms with van der Waals surface area (Å²) in [4.78, 5) is 12.0. The van der Waals surface area contributed by atoms with Crippen molar-refractivity contribution in [2.24, 2.45) is 0 Å². The number of carbonyl (C=O) groups excluding carboxylic acids is 1. The quantitative estimate of drug-likeness (QED) is 0.896. The van der Waals surface area contributed by atoms with Crippen LogP contribution in [-0.2, 0) is 17.5 Å². The number of halogens is 3. The van der Waals surface area contributed by atoms with Gasteiger partial charge < -0.3 is 10.6 Å². The number of amides is 1. The summed E-state index contributed by atoms with van der Waals surface area (Å²) in [6.45, 7) is 2.88. The summed E-state index contributed by atoms with van der Waals surface area (Å²) in [6.07, 6.45) is -2.61. The SMILES string of the molecule is CC1(C(=O)NCc2ccc(C(F)(F)F)cc2)CCCN1. The molecule has 0 radical (unpaired) electrons. The van der Waals surface area contributed by atoms with Crippen molar-refractivity contribution in [2.75, 3.05) is 6.54 Å². The number of carbonyl (C=O) groups is 1. The predicted molar refractivity (Wildman–Crippen MR) is 68.9 cm³/mol. The fourth-order valence-electron chi connectivity index (χ4n) is 2.28. The predicted octanol–water partition coefficient (Wildman–Crippen LogP) is 2.46. The van der Waals surface area contributed by atoms with Crippen LogP contribution in [0.1, 0.15) is 30.9 Å². The summed E-state index contributed by atoms with van der Waals surface area (Å²) in [5.41, 5.74) is -0.601. The molecule has 0 aromatic heterocycles. The Hall–Kier alpha value is -1.56. The normalized spacial score (nSPS) is 22.8. The molecule has 1 aromatic carbocycles. The first kappa shape index (κ1) is 14.8. The van der Waals surface area contributed by atoms with E-state index in [9.17, 15) is 18.0 Å². The number of benzene rings is 1. The standard InChI is InChI=1S/C14H17F3N2O/c1-13(7-2-8-19-13)12(20)18-9-10-3-5-11(6-4-10)14(15,16)17/h3-6,19H,2,7-9H2,1H3,(H,18,20). The van der Waals surface area contributed by atoms with Gasteiger partial charge in [0, 0.05) is 6.54 Å². The number of nitrogens with one attached hydrogen (secondary N) is 2. The average Bonchev–Trinajstić information content (AvgIpc) is 2.84. The third-order valence-electron chi connectivity index (χ3n) is 3.60. The Bertz CT molecular complexity index is 476. The van der Waals surface area contributed by atoms with E-state index in [-0.39, 0.29) is 12.5 Å². The van der Waals surface area contributed by atoms with Crippen molar-refractivity contribution < 1.29 is 18.0 Å². The molecule has 6 heteroatoms. The maximum Gasteiger partial charge on any atom is 0.416 e. The van der Waals surface area contributed by atoms with Gasteiger partial charge in [-0.2, -0.15) is 13.2 Å². The van der Waals surface area contributed by atoms with Gasteiger partial charge in [-0.1, -0.05) is 12.1 Å². The molecular weight excluding hydrogens is 269 g/mol. The topological polar surface area (TPSA) is 41.1 Å². The van der Waals surface area contributed by atoms with Crippen molar-refractivity contribution in [2.45, 2.75) is 38.0 Å². The van der Waals surface area contributed by atoms with Gasteiger partial charge in [0.05, 0.1) is 11.1 Å². The highest BCUT2D eigenvalue weighted by molar-refractivity contribution is 5.86. The van der Waals surface area contributed by atoms with Crippen molar-refractivity contribution in [3.8, 4) is 0 Å². The Morgan fingerprint density at radius 2 is 2.00 bits per heavy atom. The molecule has 1 unspecified atom stereocenters. The fourth-order valence-corrected chi connectivity index (χ4v) is 2.28. The van der Waals surface area contributed by atoms with Gasteiger partial charge in [-0.05, 0) is 44.0 Å². The zero-order chi connectivity index (χ0) is 14.8. The Morgan fingerprint density at radius 3 is 2.50 bits per heavy atom. The van der Waals surface area contributed by atoms with E-state index in [0.29, 0.717) is 5.56 Å². The third-order valence-corrected chi connectivity index (χ3v) is 3.60. The first-order chi connectivity index (χ1) is 9.31. The molecule has 0 aliphatic carbocycles. The molecule has 1 saturated heterocycles. The number of rotatable bonds is 3. The van der Waals surface area contributed by atoms with Gasteiger partial charge in [0.2, 0.25) is 5.91 Å². The van der Waals surface area contributed by atoms with Crippen LogP contribution in [0.3, 0.4) is 0 Å². The molecule has 1 aliphatic rings. The Balaban J connectivity index is 1.93. The van der Waals surface area contributed by atoms with Gasteiger partial charge in [-0.3, -0.25) is 4.79 Å². The molecule has 1 atom stereocenters. The summed E-state index contributed by atoms with van der Waals surface area (Å²) in [6, 6.07) is 4.81. The molecule has 110 valence electrons. The van der Waals surface area contributed by atoms with E-state index in [1.54, 1.807) is 0 Å². The van der Waals surface area contributed by atoms with Crippen LogP contribution in [0.5, 0.6) is 0 Å². The van der Waals surface area contributed by atoms with Crippen LogP contribution in [0.15, 0.2) is 24.3 Å². The van der Waals surface area contributed by atoms with Crippen molar-refractivity contribution in [3.05, 3.63) is 35.4 Å². The average molecular weight is 286 g/mol. The molecule has 2 rings (SSSR count). The second-order valence-electron chi connectivity index (χ2n) is 5.24. The van der Waals surface area contributed by atoms with Crippen LogP contribution in [0.25, 0.3) is 0 Å². The summed E-state index contributed by atoms with van der Waals surface area (Å²) in [7, 11) is 0. The summed E-state index contributed by atoms with van der Waals surface area (Å²) in [5, 5.41) is 5.89. The van der Waals surface area contributed by atoms with Crippen LogP contribution >= 0.6 is 0 Å².